The Hall–Kier alpha value is -3.23. The van der Waals surface area contributed by atoms with E-state index in [0.29, 0.717) is 27.6 Å². The van der Waals surface area contributed by atoms with E-state index in [2.05, 4.69) is 20.3 Å². The lowest BCUT2D eigenvalue weighted by Crippen LogP contribution is -2.19. The minimum absolute atomic E-state index is 0.282. The Bertz CT molecular complexity index is 1280. The first-order valence-corrected chi connectivity index (χ1v) is 10.4. The summed E-state index contributed by atoms with van der Waals surface area (Å²) in [4.78, 5) is 12.9. The number of pyridine rings is 1. The van der Waals surface area contributed by atoms with E-state index in [0.717, 1.165) is 28.6 Å². The number of alkyl halides is 3. The van der Waals surface area contributed by atoms with E-state index in [4.69, 9.17) is 11.6 Å². The van der Waals surface area contributed by atoms with Crippen molar-refractivity contribution >= 4 is 28.2 Å². The summed E-state index contributed by atoms with van der Waals surface area (Å²) in [6.45, 7) is 3.51. The van der Waals surface area contributed by atoms with E-state index in [1.165, 1.54) is 18.3 Å². The number of hydrogen-bond acceptors (Lipinski definition) is 5. The number of nitrogens with zero attached hydrogens (tertiary/aromatic N) is 3. The van der Waals surface area contributed by atoms with Crippen molar-refractivity contribution in [3.63, 3.8) is 0 Å². The van der Waals surface area contributed by atoms with Gasteiger partial charge in [0, 0.05) is 36.1 Å². The van der Waals surface area contributed by atoms with Crippen molar-refractivity contribution in [3.05, 3.63) is 83.0 Å². The van der Waals surface area contributed by atoms with Crippen molar-refractivity contribution in [2.45, 2.75) is 32.2 Å². The largest absolute Gasteiger partial charge is 0.416 e. The lowest BCUT2D eigenvalue weighted by molar-refractivity contribution is -0.137. The van der Waals surface area contributed by atoms with Crippen molar-refractivity contribution in [1.82, 2.24) is 15.0 Å². The molecule has 33 heavy (non-hydrogen) atoms. The number of aromatic nitrogens is 3. The third-order valence-electron chi connectivity index (χ3n) is 5.10. The first-order chi connectivity index (χ1) is 15.5. The van der Waals surface area contributed by atoms with Gasteiger partial charge >= 0.3 is 6.18 Å². The van der Waals surface area contributed by atoms with Crippen LogP contribution < -0.4 is 5.32 Å². The fourth-order valence-electron chi connectivity index (χ4n) is 3.32. The topological polar surface area (TPSA) is 70.9 Å². The molecule has 0 saturated heterocycles. The highest BCUT2D eigenvalue weighted by atomic mass is 35.5. The quantitative estimate of drug-likeness (QED) is 0.361. The van der Waals surface area contributed by atoms with Crippen LogP contribution in [0.3, 0.4) is 0 Å². The Balaban J connectivity index is 1.64. The molecule has 0 amide bonds. The normalized spacial score (nSPS) is 12.2. The Morgan fingerprint density at radius 3 is 2.18 bits per heavy atom. The van der Waals surface area contributed by atoms with E-state index in [9.17, 15) is 18.3 Å². The second kappa shape index (κ2) is 8.61. The SMILES string of the molecule is CC(C)(O)c1ncc(-c2ccc3ncc(Cl)c(NCc4ccc(C(F)(F)F)cc4)c3c2)cn1. The maximum absolute atomic E-state index is 12.8. The molecule has 2 aromatic heterocycles. The maximum atomic E-state index is 12.8. The second-order valence-electron chi connectivity index (χ2n) is 8.12. The molecule has 0 aliphatic carbocycles. The summed E-state index contributed by atoms with van der Waals surface area (Å²) in [5.41, 5.74) is 1.74. The van der Waals surface area contributed by atoms with E-state index >= 15 is 0 Å². The van der Waals surface area contributed by atoms with Gasteiger partial charge in [-0.05, 0) is 49.2 Å². The summed E-state index contributed by atoms with van der Waals surface area (Å²) in [6, 6.07) is 10.6. The lowest BCUT2D eigenvalue weighted by atomic mass is 10.0. The molecule has 0 fully saturated rings. The highest BCUT2D eigenvalue weighted by Gasteiger charge is 2.29. The van der Waals surface area contributed by atoms with Gasteiger partial charge in [-0.1, -0.05) is 29.8 Å². The maximum Gasteiger partial charge on any atom is 0.416 e. The van der Waals surface area contributed by atoms with Gasteiger partial charge in [0.05, 0.1) is 21.8 Å². The minimum Gasteiger partial charge on any atom is -0.382 e. The lowest BCUT2D eigenvalue weighted by Gasteiger charge is -2.15. The summed E-state index contributed by atoms with van der Waals surface area (Å²) in [5, 5.41) is 14.4. The summed E-state index contributed by atoms with van der Waals surface area (Å²) in [5.74, 6) is 0.315. The van der Waals surface area contributed by atoms with Crippen molar-refractivity contribution < 1.29 is 18.3 Å². The van der Waals surface area contributed by atoms with Gasteiger partial charge in [-0.15, -0.1) is 0 Å². The van der Waals surface area contributed by atoms with Crippen LogP contribution in [0.25, 0.3) is 22.0 Å². The highest BCUT2D eigenvalue weighted by molar-refractivity contribution is 6.34. The minimum atomic E-state index is -4.37. The molecule has 9 heteroatoms. The Morgan fingerprint density at radius 2 is 1.58 bits per heavy atom. The molecule has 170 valence electrons. The molecule has 2 N–H and O–H groups in total. The molecule has 0 saturated carbocycles. The number of halogens is 4. The average molecular weight is 473 g/mol. The molecule has 2 aromatic carbocycles. The van der Waals surface area contributed by atoms with Gasteiger partial charge in [0.1, 0.15) is 5.60 Å². The molecule has 4 aromatic rings. The summed E-state index contributed by atoms with van der Waals surface area (Å²) in [7, 11) is 0. The molecular weight excluding hydrogens is 453 g/mol. The van der Waals surface area contributed by atoms with Gasteiger partial charge in [-0.25, -0.2) is 9.97 Å². The molecule has 5 nitrogen and oxygen atoms in total. The predicted octanol–water partition coefficient (Wildman–Crippen LogP) is 6.20. The van der Waals surface area contributed by atoms with E-state index in [1.54, 1.807) is 26.2 Å². The molecule has 0 spiro atoms. The van der Waals surface area contributed by atoms with Crippen LogP contribution in [0.1, 0.15) is 30.8 Å². The molecule has 0 atom stereocenters. The van der Waals surface area contributed by atoms with Crippen LogP contribution >= 0.6 is 11.6 Å². The Kier molecular flexibility index (Phi) is 5.99. The molecule has 0 aliphatic heterocycles. The number of aliphatic hydroxyl groups is 1. The van der Waals surface area contributed by atoms with Crippen molar-refractivity contribution in [2.24, 2.45) is 0 Å². The summed E-state index contributed by atoms with van der Waals surface area (Å²) < 4.78 is 38.4. The summed E-state index contributed by atoms with van der Waals surface area (Å²) >= 11 is 6.40. The third kappa shape index (κ3) is 5.07. The molecular formula is C24H20ClF3N4O. The molecule has 4 rings (SSSR count). The van der Waals surface area contributed by atoms with Crippen molar-refractivity contribution in [1.29, 1.82) is 0 Å². The van der Waals surface area contributed by atoms with E-state index in [-0.39, 0.29) is 6.54 Å². The summed E-state index contributed by atoms with van der Waals surface area (Å²) in [6.07, 6.45) is 0.422. The van der Waals surface area contributed by atoms with Gasteiger partial charge in [-0.2, -0.15) is 13.2 Å². The van der Waals surface area contributed by atoms with Crippen molar-refractivity contribution in [3.8, 4) is 11.1 Å². The molecule has 0 bridgehead atoms. The number of anilines is 1. The Morgan fingerprint density at radius 1 is 0.909 bits per heavy atom. The average Bonchev–Trinajstić information content (AvgIpc) is 2.77. The number of fused-ring (bicyclic) bond motifs is 1. The van der Waals surface area contributed by atoms with Crippen molar-refractivity contribution in [2.75, 3.05) is 5.32 Å². The first-order valence-electron chi connectivity index (χ1n) is 10.1. The van der Waals surface area contributed by atoms with Crippen LogP contribution in [0.15, 0.2) is 61.1 Å². The molecule has 2 heterocycles. The zero-order chi connectivity index (χ0) is 23.8. The third-order valence-corrected chi connectivity index (χ3v) is 5.39. The smallest absolute Gasteiger partial charge is 0.382 e. The number of benzene rings is 2. The van der Waals surface area contributed by atoms with Gasteiger partial charge in [-0.3, -0.25) is 4.98 Å². The van der Waals surface area contributed by atoms with Crippen LogP contribution in [0.5, 0.6) is 0 Å². The first kappa shape index (κ1) is 22.9. The van der Waals surface area contributed by atoms with Gasteiger partial charge in [0.15, 0.2) is 5.82 Å². The van der Waals surface area contributed by atoms with Crippen LogP contribution in [-0.2, 0) is 18.3 Å². The standard InChI is InChI=1S/C24H20ClF3N4O/c1-23(2,33)22-31-11-16(12-32-22)15-5-8-20-18(9-15)21(19(25)13-29-20)30-10-14-3-6-17(7-4-14)24(26,27)28/h3-9,11-13,33H,10H2,1-2H3,(H,29,30). The number of nitrogens with one attached hydrogen (secondary N) is 1. The van der Waals surface area contributed by atoms with Crippen LogP contribution in [-0.4, -0.2) is 20.1 Å². The fraction of sp³-hybridized carbons (Fsp3) is 0.208. The predicted molar refractivity (Wildman–Crippen MR) is 122 cm³/mol. The second-order valence-corrected chi connectivity index (χ2v) is 8.52. The van der Waals surface area contributed by atoms with Gasteiger partial charge in [0.2, 0.25) is 0 Å². The van der Waals surface area contributed by atoms with E-state index in [1.807, 2.05) is 18.2 Å². The molecule has 0 unspecified atom stereocenters. The zero-order valence-electron chi connectivity index (χ0n) is 17.8. The zero-order valence-corrected chi connectivity index (χ0v) is 18.5. The van der Waals surface area contributed by atoms with Gasteiger partial charge in [0.25, 0.3) is 0 Å². The molecule has 0 radical (unpaired) electrons. The highest BCUT2D eigenvalue weighted by Crippen LogP contribution is 2.34. The van der Waals surface area contributed by atoms with Crippen LogP contribution in [0.4, 0.5) is 18.9 Å². The van der Waals surface area contributed by atoms with E-state index < -0.39 is 17.3 Å². The monoisotopic (exact) mass is 472 g/mol. The number of hydrogen-bond donors (Lipinski definition) is 2. The van der Waals surface area contributed by atoms with Crippen LogP contribution in [0.2, 0.25) is 5.02 Å². The fourth-order valence-corrected chi connectivity index (χ4v) is 3.54. The molecule has 0 aliphatic rings. The van der Waals surface area contributed by atoms with Gasteiger partial charge < -0.3 is 10.4 Å². The van der Waals surface area contributed by atoms with Crippen LogP contribution in [0, 0.1) is 0 Å². The number of rotatable bonds is 5. The Labute approximate surface area is 193 Å².